The number of aliphatic carboxylic acids is 1. The molecule has 1 rings (SSSR count). The van der Waals surface area contributed by atoms with Crippen LogP contribution in [0.1, 0.15) is 83.7 Å². The number of unbranched alkanes of at least 4 members (excludes halogenated alkanes) is 5. The van der Waals surface area contributed by atoms with Crippen LogP contribution >= 0.6 is 7.82 Å². The number of imidazole rings is 1. The molecular weight excluding hydrogens is 579 g/mol. The predicted octanol–water partition coefficient (Wildman–Crippen LogP) is 5.18. The molecule has 0 aromatic carbocycles. The van der Waals surface area contributed by atoms with Crippen LogP contribution in [-0.2, 0) is 29.8 Å². The number of H-pyrrole nitrogens is 1. The molecule has 0 saturated heterocycles. The molecule has 0 aliphatic heterocycles. The number of rotatable bonds is 21. The summed E-state index contributed by atoms with van der Waals surface area (Å²) in [7, 11) is -4.57. The van der Waals surface area contributed by atoms with Crippen LogP contribution in [0.2, 0.25) is 0 Å². The van der Waals surface area contributed by atoms with Gasteiger partial charge in [-0.15, -0.1) is 0 Å². The van der Waals surface area contributed by atoms with E-state index in [9.17, 15) is 14.2 Å². The Hall–Kier alpha value is -2.86. The Morgan fingerprint density at radius 3 is 1.88 bits per heavy atom. The number of hydrogen-bond donors (Lipinski definition) is 6. The van der Waals surface area contributed by atoms with Gasteiger partial charge in [0.15, 0.2) is 0 Å². The van der Waals surface area contributed by atoms with Gasteiger partial charge in [-0.1, -0.05) is 68.4 Å². The zero-order valence-corrected chi connectivity index (χ0v) is 26.3. The van der Waals surface area contributed by atoms with Crippen LogP contribution in [0.5, 0.6) is 0 Å². The van der Waals surface area contributed by atoms with Crippen molar-refractivity contribution in [3.8, 4) is 0 Å². The van der Waals surface area contributed by atoms with Crippen LogP contribution in [0, 0.1) is 0 Å². The van der Waals surface area contributed by atoms with Gasteiger partial charge in [0.05, 0.1) is 31.7 Å². The first-order valence-corrected chi connectivity index (χ1v) is 16.0. The highest BCUT2D eigenvalue weighted by Gasteiger charge is 2.16. The summed E-state index contributed by atoms with van der Waals surface area (Å²) in [5.41, 5.74) is 0.558. The van der Waals surface area contributed by atoms with Gasteiger partial charge in [0, 0.05) is 19.7 Å². The number of aliphatic hydroxyl groups is 2. The van der Waals surface area contributed by atoms with Gasteiger partial charge in [-0.25, -0.2) is 9.55 Å². The summed E-state index contributed by atoms with van der Waals surface area (Å²) in [6.45, 7) is 3.79. The standard InChI is InChI=1S/C23H40O3.C5H6N2O2.C2H5O5P/c1-2-3-4-5-6-7-8-9-10-11-12-13-14-15-16-17-18-19-20-26-22-23(25)21-24;8-5(9)1-4-2-6-3-7-4;1-2(3)7-8(4,5)6/h6-7,9-10,12-13,15-16,23-25H,2-5,8,11,14,17-22H2,1H3;2-3H,1H2,(H,6,7)(H,8,9);1H3,(H2,4,5,6)/b7-6-,10-9-,13-12-,16-15-;;. The molecule has 12 nitrogen and oxygen atoms in total. The maximum Gasteiger partial charge on any atom is 0.526 e. The van der Waals surface area contributed by atoms with Crippen molar-refractivity contribution in [2.24, 2.45) is 0 Å². The SMILES string of the molecule is CC(=O)OP(=O)(O)O.CCCCC/C=C\C/C=C\C/C=C\C/C=C\CCCCOCC(O)CO.O=C(O)Cc1c[nH]cn1. The number of phosphoric acid groups is 1. The first-order chi connectivity index (χ1) is 20.5. The minimum absolute atomic E-state index is 0.0104. The van der Waals surface area contributed by atoms with E-state index < -0.39 is 25.9 Å². The number of phosphoric ester groups is 1. The molecule has 0 fully saturated rings. The molecule has 1 aromatic heterocycles. The van der Waals surface area contributed by atoms with E-state index in [4.69, 9.17) is 29.8 Å². The first kappa shape index (κ1) is 42.3. The lowest BCUT2D eigenvalue weighted by atomic mass is 10.2. The van der Waals surface area contributed by atoms with Crippen molar-refractivity contribution in [1.82, 2.24) is 9.97 Å². The van der Waals surface area contributed by atoms with Crippen molar-refractivity contribution >= 4 is 19.8 Å². The number of carbonyl (C=O) groups excluding carboxylic acids is 1. The normalized spacial score (nSPS) is 12.3. The van der Waals surface area contributed by atoms with Crippen LogP contribution in [0.3, 0.4) is 0 Å². The molecule has 0 bridgehead atoms. The maximum atomic E-state index is 10.0. The molecule has 6 N–H and O–H groups in total. The largest absolute Gasteiger partial charge is 0.526 e. The van der Waals surface area contributed by atoms with Gasteiger partial charge in [-0.05, 0) is 51.4 Å². The molecule has 1 heterocycles. The highest BCUT2D eigenvalue weighted by Crippen LogP contribution is 2.35. The number of carboxylic acid groups (broad SMARTS) is 1. The summed E-state index contributed by atoms with van der Waals surface area (Å²) < 4.78 is 18.4. The second-order valence-corrected chi connectivity index (χ2v) is 10.4. The number of carboxylic acids is 1. The number of carbonyl (C=O) groups is 2. The average Bonchev–Trinajstić information content (AvgIpc) is 3.43. The summed E-state index contributed by atoms with van der Waals surface area (Å²) in [6.07, 6.45) is 31.5. The van der Waals surface area contributed by atoms with E-state index in [0.29, 0.717) is 12.3 Å². The van der Waals surface area contributed by atoms with Crippen molar-refractivity contribution < 1.29 is 48.5 Å². The van der Waals surface area contributed by atoms with E-state index >= 15 is 0 Å². The Balaban J connectivity index is 0. The van der Waals surface area contributed by atoms with Gasteiger partial charge >= 0.3 is 19.8 Å². The third-order valence-corrected chi connectivity index (χ3v) is 5.52. The number of ether oxygens (including phenoxy) is 1. The monoisotopic (exact) mass is 630 g/mol. The second kappa shape index (κ2) is 30.6. The Bertz CT molecular complexity index is 956. The van der Waals surface area contributed by atoms with Crippen molar-refractivity contribution in [2.45, 2.75) is 90.6 Å². The Morgan fingerprint density at radius 1 is 0.953 bits per heavy atom. The van der Waals surface area contributed by atoms with E-state index in [-0.39, 0.29) is 19.6 Å². The molecule has 0 radical (unpaired) electrons. The minimum atomic E-state index is -4.57. The number of nitrogens with zero attached hydrogens (tertiary/aromatic N) is 1. The highest BCUT2D eigenvalue weighted by atomic mass is 31.2. The van der Waals surface area contributed by atoms with Crippen LogP contribution < -0.4 is 0 Å². The average molecular weight is 631 g/mol. The zero-order chi connectivity index (χ0) is 32.6. The number of aliphatic hydroxyl groups excluding tert-OH is 2. The van der Waals surface area contributed by atoms with E-state index in [1.807, 2.05) is 0 Å². The maximum absolute atomic E-state index is 10.0. The summed E-state index contributed by atoms with van der Waals surface area (Å²) in [6, 6.07) is 0. The van der Waals surface area contributed by atoms with Gasteiger partial charge in [-0.2, -0.15) is 0 Å². The van der Waals surface area contributed by atoms with Crippen LogP contribution in [0.4, 0.5) is 0 Å². The molecule has 0 amide bonds. The van der Waals surface area contributed by atoms with Crippen LogP contribution in [0.15, 0.2) is 61.1 Å². The first-order valence-electron chi connectivity index (χ1n) is 14.4. The molecule has 0 saturated carbocycles. The highest BCUT2D eigenvalue weighted by molar-refractivity contribution is 7.46. The molecule has 43 heavy (non-hydrogen) atoms. The molecule has 13 heteroatoms. The lowest BCUT2D eigenvalue weighted by Gasteiger charge is -2.07. The quantitative estimate of drug-likeness (QED) is 0.0594. The molecule has 246 valence electrons. The molecule has 1 atom stereocenters. The fourth-order valence-corrected chi connectivity index (χ4v) is 3.34. The lowest BCUT2D eigenvalue weighted by molar-refractivity contribution is -0.136. The van der Waals surface area contributed by atoms with Crippen molar-refractivity contribution in [3.63, 3.8) is 0 Å². The van der Waals surface area contributed by atoms with Gasteiger partial charge < -0.3 is 29.6 Å². The van der Waals surface area contributed by atoms with Crippen LogP contribution in [-0.4, -0.2) is 72.9 Å². The molecule has 1 unspecified atom stereocenters. The molecule has 1 aromatic rings. The smallest absolute Gasteiger partial charge is 0.481 e. The van der Waals surface area contributed by atoms with Crippen molar-refractivity contribution in [2.75, 3.05) is 19.8 Å². The van der Waals surface area contributed by atoms with E-state index in [1.165, 1.54) is 32.0 Å². The fourth-order valence-electron chi connectivity index (χ4n) is 3.01. The van der Waals surface area contributed by atoms with Gasteiger partial charge in [0.2, 0.25) is 0 Å². The number of aromatic nitrogens is 2. The minimum Gasteiger partial charge on any atom is -0.481 e. The molecule has 0 aliphatic carbocycles. The summed E-state index contributed by atoms with van der Waals surface area (Å²) in [4.78, 5) is 41.9. The Morgan fingerprint density at radius 2 is 1.49 bits per heavy atom. The topological polar surface area (TPSA) is 200 Å². The molecule has 0 aliphatic rings. The van der Waals surface area contributed by atoms with Crippen molar-refractivity contribution in [1.29, 1.82) is 0 Å². The van der Waals surface area contributed by atoms with Gasteiger partial charge in [0.1, 0.15) is 6.10 Å². The third-order valence-electron chi connectivity index (χ3n) is 5.02. The second-order valence-electron chi connectivity index (χ2n) is 9.20. The van der Waals surface area contributed by atoms with E-state index in [1.54, 1.807) is 6.20 Å². The van der Waals surface area contributed by atoms with E-state index in [0.717, 1.165) is 45.4 Å². The fraction of sp³-hybridized carbons (Fsp3) is 0.567. The lowest BCUT2D eigenvalue weighted by Crippen LogP contribution is -2.19. The summed E-state index contributed by atoms with van der Waals surface area (Å²) in [5.74, 6) is -1.85. The van der Waals surface area contributed by atoms with Crippen LogP contribution in [0.25, 0.3) is 0 Å². The number of allylic oxidation sites excluding steroid dienone is 8. The summed E-state index contributed by atoms with van der Waals surface area (Å²) in [5, 5.41) is 26.0. The van der Waals surface area contributed by atoms with Crippen molar-refractivity contribution in [3.05, 3.63) is 66.8 Å². The number of aromatic amines is 1. The van der Waals surface area contributed by atoms with E-state index in [2.05, 4.69) is 70.0 Å². The molecule has 0 spiro atoms. The Kier molecular flexibility index (Phi) is 30.1. The number of nitrogens with one attached hydrogen (secondary N) is 1. The third kappa shape index (κ3) is 39.1. The zero-order valence-electron chi connectivity index (χ0n) is 25.4. The number of hydrogen-bond acceptors (Lipinski definition) is 8. The van der Waals surface area contributed by atoms with Gasteiger partial charge in [-0.3, -0.25) is 19.4 Å². The predicted molar refractivity (Wildman–Crippen MR) is 166 cm³/mol. The molecular formula is C30H51N2O10P. The van der Waals surface area contributed by atoms with Gasteiger partial charge in [0.25, 0.3) is 0 Å². The summed E-state index contributed by atoms with van der Waals surface area (Å²) >= 11 is 0. The Labute approximate surface area is 255 Å².